The second-order valence-electron chi connectivity index (χ2n) is 8.02. The van der Waals surface area contributed by atoms with Crippen molar-refractivity contribution in [2.45, 2.75) is 38.6 Å². The molecule has 1 amide bonds. The monoisotopic (exact) mass is 513 g/mol. The topological polar surface area (TPSA) is 51.2 Å². The van der Waals surface area contributed by atoms with Gasteiger partial charge in [-0.25, -0.2) is 0 Å². The predicted molar refractivity (Wildman–Crippen MR) is 130 cm³/mol. The lowest BCUT2D eigenvalue weighted by molar-refractivity contribution is 0.0827. The molecule has 1 atom stereocenters. The van der Waals surface area contributed by atoms with E-state index in [9.17, 15) is 4.79 Å². The van der Waals surface area contributed by atoms with Gasteiger partial charge in [0.1, 0.15) is 0 Å². The number of halogens is 1. The lowest BCUT2D eigenvalue weighted by Crippen LogP contribution is -2.42. The Labute approximate surface area is 192 Å². The molecule has 2 fully saturated rings. The molecule has 6 nitrogen and oxygen atoms in total. The molecule has 0 radical (unpaired) electrons. The summed E-state index contributed by atoms with van der Waals surface area (Å²) in [6.07, 6.45) is 4.77. The summed E-state index contributed by atoms with van der Waals surface area (Å²) >= 11 is 0. The van der Waals surface area contributed by atoms with Crippen LogP contribution in [-0.2, 0) is 6.42 Å². The number of carbonyl (C=O) groups excluding carboxylic acids is 1. The van der Waals surface area contributed by atoms with E-state index in [0.29, 0.717) is 6.04 Å². The van der Waals surface area contributed by atoms with Gasteiger partial charge in [-0.1, -0.05) is 12.1 Å². The van der Waals surface area contributed by atoms with Crippen LogP contribution in [0.3, 0.4) is 0 Å². The van der Waals surface area contributed by atoms with Crippen LogP contribution in [0.25, 0.3) is 0 Å². The van der Waals surface area contributed by atoms with Gasteiger partial charge in [0.2, 0.25) is 0 Å². The van der Waals surface area contributed by atoms with E-state index in [1.807, 2.05) is 18.2 Å². The van der Waals surface area contributed by atoms with Crippen LogP contribution in [0, 0.1) is 0 Å². The van der Waals surface area contributed by atoms with Crippen LogP contribution in [0.5, 0.6) is 0 Å². The lowest BCUT2D eigenvalue weighted by atomic mass is 10.1. The van der Waals surface area contributed by atoms with Crippen LogP contribution < -0.4 is 5.32 Å². The molecule has 2 saturated heterocycles. The Morgan fingerprint density at radius 1 is 1.24 bits per heavy atom. The number of hydrogen-bond donors (Lipinski definition) is 1. The molecule has 0 spiro atoms. The van der Waals surface area contributed by atoms with Gasteiger partial charge in [-0.3, -0.25) is 14.7 Å². The number of guanidine groups is 1. The molecule has 3 rings (SSSR count). The summed E-state index contributed by atoms with van der Waals surface area (Å²) in [7, 11) is 3.57. The molecule has 2 aliphatic heterocycles. The van der Waals surface area contributed by atoms with E-state index in [1.54, 1.807) is 19.0 Å². The Hall–Kier alpha value is -1.35. The Morgan fingerprint density at radius 3 is 2.69 bits per heavy atom. The molecule has 0 bridgehead atoms. The first-order chi connectivity index (χ1) is 13.6. The third kappa shape index (κ3) is 6.57. The Kier molecular flexibility index (Phi) is 9.68. The van der Waals surface area contributed by atoms with E-state index in [-0.39, 0.29) is 29.9 Å². The summed E-state index contributed by atoms with van der Waals surface area (Å²) in [5, 5.41) is 3.46. The molecule has 1 aromatic rings. The smallest absolute Gasteiger partial charge is 0.253 e. The summed E-state index contributed by atoms with van der Waals surface area (Å²) in [4.78, 5) is 23.7. The Morgan fingerprint density at radius 2 is 2.00 bits per heavy atom. The SMILES string of the molecule is CCNC(=NCCc1cccc(C(=O)N(C)C)c1)N1CCC(N2CCCC2)C1.I. The van der Waals surface area contributed by atoms with Crippen molar-refractivity contribution >= 4 is 35.8 Å². The van der Waals surface area contributed by atoms with Crippen LogP contribution in [0.15, 0.2) is 29.3 Å². The zero-order valence-electron chi connectivity index (χ0n) is 18.1. The summed E-state index contributed by atoms with van der Waals surface area (Å²) in [5.74, 6) is 1.08. The Balaban J connectivity index is 0.00000300. The number of carbonyl (C=O) groups is 1. The molecule has 0 aromatic heterocycles. The minimum atomic E-state index is 0. The van der Waals surface area contributed by atoms with Crippen molar-refractivity contribution < 1.29 is 4.79 Å². The first kappa shape index (κ1) is 23.9. The van der Waals surface area contributed by atoms with Crippen LogP contribution in [0.1, 0.15) is 42.1 Å². The van der Waals surface area contributed by atoms with E-state index in [1.165, 1.54) is 32.4 Å². The number of nitrogens with zero attached hydrogens (tertiary/aromatic N) is 4. The minimum Gasteiger partial charge on any atom is -0.357 e. The van der Waals surface area contributed by atoms with Crippen molar-refractivity contribution in [3.63, 3.8) is 0 Å². The fourth-order valence-corrected chi connectivity index (χ4v) is 4.17. The van der Waals surface area contributed by atoms with Gasteiger partial charge in [-0.05, 0) is 63.4 Å². The molecule has 7 heteroatoms. The number of likely N-dealkylation sites (tertiary alicyclic amines) is 2. The van der Waals surface area contributed by atoms with Gasteiger partial charge in [-0.2, -0.15) is 0 Å². The van der Waals surface area contributed by atoms with Crippen LogP contribution in [-0.4, -0.2) is 86.0 Å². The fourth-order valence-electron chi connectivity index (χ4n) is 4.17. The van der Waals surface area contributed by atoms with Gasteiger partial charge in [0.15, 0.2) is 5.96 Å². The molecule has 1 aromatic carbocycles. The van der Waals surface area contributed by atoms with Crippen molar-refractivity contribution in [1.29, 1.82) is 0 Å². The van der Waals surface area contributed by atoms with Crippen molar-refractivity contribution in [3.8, 4) is 0 Å². The highest BCUT2D eigenvalue weighted by molar-refractivity contribution is 14.0. The standard InChI is InChI=1S/C22H35N5O.HI/c1-4-23-22(27-15-11-20(17-27)26-13-5-6-14-26)24-12-10-18-8-7-9-19(16-18)21(28)25(2)3;/h7-9,16,20H,4-6,10-15,17H2,1-3H3,(H,23,24);1H. The van der Waals surface area contributed by atoms with E-state index >= 15 is 0 Å². The fraction of sp³-hybridized carbons (Fsp3) is 0.636. The van der Waals surface area contributed by atoms with E-state index in [2.05, 4.69) is 28.1 Å². The number of benzene rings is 1. The number of rotatable bonds is 6. The van der Waals surface area contributed by atoms with Crippen LogP contribution in [0.4, 0.5) is 0 Å². The summed E-state index contributed by atoms with van der Waals surface area (Å²) in [6, 6.07) is 8.59. The lowest BCUT2D eigenvalue weighted by Gasteiger charge is -2.25. The zero-order valence-corrected chi connectivity index (χ0v) is 20.4. The molecule has 1 N–H and O–H groups in total. The van der Waals surface area contributed by atoms with Gasteiger partial charge < -0.3 is 15.1 Å². The number of aliphatic imine (C=N–C) groups is 1. The van der Waals surface area contributed by atoms with Gasteiger partial charge in [0.05, 0.1) is 0 Å². The van der Waals surface area contributed by atoms with Crippen molar-refractivity contribution in [1.82, 2.24) is 20.0 Å². The molecule has 2 heterocycles. The van der Waals surface area contributed by atoms with Gasteiger partial charge >= 0.3 is 0 Å². The molecule has 29 heavy (non-hydrogen) atoms. The van der Waals surface area contributed by atoms with Crippen molar-refractivity contribution in [2.75, 3.05) is 53.4 Å². The highest BCUT2D eigenvalue weighted by Crippen LogP contribution is 2.20. The average Bonchev–Trinajstić information content (AvgIpc) is 3.38. The van der Waals surface area contributed by atoms with Gasteiger partial charge in [0.25, 0.3) is 5.91 Å². The average molecular weight is 513 g/mol. The van der Waals surface area contributed by atoms with Gasteiger partial charge in [0, 0.05) is 51.9 Å². The van der Waals surface area contributed by atoms with Crippen molar-refractivity contribution in [3.05, 3.63) is 35.4 Å². The normalized spacial score (nSPS) is 19.9. The summed E-state index contributed by atoms with van der Waals surface area (Å²) in [6.45, 7) is 8.42. The predicted octanol–water partition coefficient (Wildman–Crippen LogP) is 2.68. The molecular weight excluding hydrogens is 477 g/mol. The number of nitrogens with one attached hydrogen (secondary N) is 1. The summed E-state index contributed by atoms with van der Waals surface area (Å²) in [5.41, 5.74) is 1.90. The molecule has 0 aliphatic carbocycles. The third-order valence-electron chi connectivity index (χ3n) is 5.70. The zero-order chi connectivity index (χ0) is 19.9. The largest absolute Gasteiger partial charge is 0.357 e. The number of amides is 1. The van der Waals surface area contributed by atoms with E-state index in [4.69, 9.17) is 4.99 Å². The quantitative estimate of drug-likeness (QED) is 0.361. The highest BCUT2D eigenvalue weighted by Gasteiger charge is 2.30. The first-order valence-corrected chi connectivity index (χ1v) is 10.7. The maximum Gasteiger partial charge on any atom is 0.253 e. The van der Waals surface area contributed by atoms with Crippen molar-refractivity contribution in [2.24, 2.45) is 4.99 Å². The minimum absolute atomic E-state index is 0. The van der Waals surface area contributed by atoms with Crippen LogP contribution >= 0.6 is 24.0 Å². The van der Waals surface area contributed by atoms with E-state index < -0.39 is 0 Å². The molecule has 162 valence electrons. The molecular formula is C22H36IN5O. The molecule has 1 unspecified atom stereocenters. The van der Waals surface area contributed by atoms with E-state index in [0.717, 1.165) is 49.7 Å². The molecule has 2 aliphatic rings. The second-order valence-corrected chi connectivity index (χ2v) is 8.02. The number of hydrogen-bond acceptors (Lipinski definition) is 3. The second kappa shape index (κ2) is 11.7. The summed E-state index contributed by atoms with van der Waals surface area (Å²) < 4.78 is 0. The third-order valence-corrected chi connectivity index (χ3v) is 5.70. The Bertz CT molecular complexity index is 688. The van der Waals surface area contributed by atoms with Gasteiger partial charge in [-0.15, -0.1) is 24.0 Å². The molecule has 0 saturated carbocycles. The maximum atomic E-state index is 12.2. The van der Waals surface area contributed by atoms with Crippen LogP contribution in [0.2, 0.25) is 0 Å². The first-order valence-electron chi connectivity index (χ1n) is 10.7. The maximum absolute atomic E-state index is 12.2. The highest BCUT2D eigenvalue weighted by atomic mass is 127.